The van der Waals surface area contributed by atoms with Crippen molar-refractivity contribution in [1.82, 2.24) is 9.55 Å². The molecular weight excluding hydrogens is 267 g/mol. The van der Waals surface area contributed by atoms with Crippen LogP contribution in [0.15, 0.2) is 42.5 Å². The molecule has 5 heteroatoms. The standard InChI is InChI=1S/C16H13FN4/c17-16-11(4-3-5-12(16)19)10-21-14-7-2-1-6-13(14)20-15(21)8-9-18/h1-7H,8,10,19H2. The minimum absolute atomic E-state index is 0.124. The van der Waals surface area contributed by atoms with Gasteiger partial charge < -0.3 is 10.3 Å². The van der Waals surface area contributed by atoms with Crippen molar-refractivity contribution in [2.45, 2.75) is 13.0 Å². The first kappa shape index (κ1) is 13.1. The summed E-state index contributed by atoms with van der Waals surface area (Å²) in [5.41, 5.74) is 7.89. The van der Waals surface area contributed by atoms with Gasteiger partial charge in [-0.1, -0.05) is 24.3 Å². The smallest absolute Gasteiger partial charge is 0.151 e. The van der Waals surface area contributed by atoms with Gasteiger partial charge >= 0.3 is 0 Å². The second kappa shape index (κ2) is 5.25. The maximum Gasteiger partial charge on any atom is 0.151 e. The van der Waals surface area contributed by atoms with Gasteiger partial charge in [0.05, 0.1) is 35.8 Å². The summed E-state index contributed by atoms with van der Waals surface area (Å²) >= 11 is 0. The Hall–Kier alpha value is -2.87. The molecule has 0 fully saturated rings. The molecule has 0 aliphatic carbocycles. The van der Waals surface area contributed by atoms with E-state index in [1.807, 2.05) is 28.8 Å². The van der Waals surface area contributed by atoms with Crippen LogP contribution in [0.1, 0.15) is 11.4 Å². The van der Waals surface area contributed by atoms with E-state index < -0.39 is 5.82 Å². The zero-order valence-corrected chi connectivity index (χ0v) is 11.3. The lowest BCUT2D eigenvalue weighted by atomic mass is 10.1. The van der Waals surface area contributed by atoms with Gasteiger partial charge in [0.25, 0.3) is 0 Å². The Morgan fingerprint density at radius 1 is 1.19 bits per heavy atom. The number of nitriles is 1. The molecule has 0 atom stereocenters. The maximum atomic E-state index is 14.1. The van der Waals surface area contributed by atoms with Gasteiger partial charge in [-0.2, -0.15) is 5.26 Å². The fraction of sp³-hybridized carbons (Fsp3) is 0.125. The fourth-order valence-corrected chi connectivity index (χ4v) is 2.40. The van der Waals surface area contributed by atoms with Gasteiger partial charge in [0.15, 0.2) is 5.82 Å². The number of rotatable bonds is 3. The van der Waals surface area contributed by atoms with Gasteiger partial charge in [-0.05, 0) is 18.2 Å². The topological polar surface area (TPSA) is 67.6 Å². The summed E-state index contributed by atoms with van der Waals surface area (Å²) in [7, 11) is 0. The molecule has 4 nitrogen and oxygen atoms in total. The lowest BCUT2D eigenvalue weighted by Gasteiger charge is -2.10. The van der Waals surface area contributed by atoms with Crippen molar-refractivity contribution in [3.05, 3.63) is 59.7 Å². The summed E-state index contributed by atoms with van der Waals surface area (Å²) in [4.78, 5) is 4.44. The molecule has 0 unspecified atom stereocenters. The number of nitrogens with zero attached hydrogens (tertiary/aromatic N) is 3. The van der Waals surface area contributed by atoms with Crippen molar-refractivity contribution in [2.75, 3.05) is 5.73 Å². The molecule has 2 aromatic carbocycles. The lowest BCUT2D eigenvalue weighted by Crippen LogP contribution is -2.07. The van der Waals surface area contributed by atoms with Gasteiger partial charge in [-0.3, -0.25) is 0 Å². The van der Waals surface area contributed by atoms with Gasteiger partial charge in [-0.25, -0.2) is 9.37 Å². The minimum atomic E-state index is -0.418. The predicted octanol–water partition coefficient (Wildman–Crippen LogP) is 2.87. The third-order valence-electron chi connectivity index (χ3n) is 3.41. The van der Waals surface area contributed by atoms with Crippen LogP contribution in [-0.2, 0) is 13.0 Å². The molecule has 0 bridgehead atoms. The lowest BCUT2D eigenvalue weighted by molar-refractivity contribution is 0.603. The highest BCUT2D eigenvalue weighted by atomic mass is 19.1. The first-order chi connectivity index (χ1) is 10.2. The van der Waals surface area contributed by atoms with Crippen LogP contribution in [0.5, 0.6) is 0 Å². The van der Waals surface area contributed by atoms with Crippen molar-refractivity contribution in [3.63, 3.8) is 0 Å². The number of nitrogens with two attached hydrogens (primary N) is 1. The van der Waals surface area contributed by atoms with Crippen LogP contribution in [-0.4, -0.2) is 9.55 Å². The summed E-state index contributed by atoms with van der Waals surface area (Å²) in [5.74, 6) is 0.207. The first-order valence-electron chi connectivity index (χ1n) is 6.54. The summed E-state index contributed by atoms with van der Waals surface area (Å²) in [6.07, 6.45) is 0.179. The van der Waals surface area contributed by atoms with Crippen molar-refractivity contribution in [3.8, 4) is 6.07 Å². The van der Waals surface area contributed by atoms with Gasteiger partial charge in [0.1, 0.15) is 5.82 Å². The molecule has 1 heterocycles. The summed E-state index contributed by atoms with van der Waals surface area (Å²) < 4.78 is 15.9. The second-order valence-corrected chi connectivity index (χ2v) is 4.76. The van der Waals surface area contributed by atoms with Gasteiger partial charge in [0.2, 0.25) is 0 Å². The molecule has 104 valence electrons. The Bertz CT molecular complexity index is 845. The molecule has 3 rings (SSSR count). The maximum absolute atomic E-state index is 14.1. The molecular formula is C16H13FN4. The molecule has 0 saturated carbocycles. The molecule has 0 aliphatic rings. The number of halogens is 1. The zero-order chi connectivity index (χ0) is 14.8. The van der Waals surface area contributed by atoms with E-state index in [1.54, 1.807) is 12.1 Å². The van der Waals surface area contributed by atoms with E-state index in [0.29, 0.717) is 17.9 Å². The molecule has 3 aromatic rings. The van der Waals surface area contributed by atoms with E-state index in [-0.39, 0.29) is 12.1 Å². The van der Waals surface area contributed by atoms with Crippen molar-refractivity contribution in [1.29, 1.82) is 5.26 Å². The average molecular weight is 280 g/mol. The van der Waals surface area contributed by atoms with Crippen molar-refractivity contribution < 1.29 is 4.39 Å². The molecule has 0 amide bonds. The zero-order valence-electron chi connectivity index (χ0n) is 11.3. The van der Waals surface area contributed by atoms with E-state index in [9.17, 15) is 4.39 Å². The number of hydrogen-bond acceptors (Lipinski definition) is 3. The highest BCUT2D eigenvalue weighted by Gasteiger charge is 2.13. The molecule has 0 spiro atoms. The largest absolute Gasteiger partial charge is 0.396 e. The molecule has 0 saturated heterocycles. The third-order valence-corrected chi connectivity index (χ3v) is 3.41. The van der Waals surface area contributed by atoms with Crippen LogP contribution < -0.4 is 5.73 Å². The van der Waals surface area contributed by atoms with E-state index >= 15 is 0 Å². The highest BCUT2D eigenvalue weighted by molar-refractivity contribution is 5.76. The molecule has 1 aromatic heterocycles. The summed E-state index contributed by atoms with van der Waals surface area (Å²) in [5, 5.41) is 8.94. The number of benzene rings is 2. The fourth-order valence-electron chi connectivity index (χ4n) is 2.40. The van der Waals surface area contributed by atoms with Crippen LogP contribution >= 0.6 is 0 Å². The number of fused-ring (bicyclic) bond motifs is 1. The molecule has 2 N–H and O–H groups in total. The Morgan fingerprint density at radius 3 is 2.81 bits per heavy atom. The van der Waals surface area contributed by atoms with Crippen LogP contribution in [0.3, 0.4) is 0 Å². The molecule has 0 aliphatic heterocycles. The molecule has 0 radical (unpaired) electrons. The van der Waals surface area contributed by atoms with E-state index in [4.69, 9.17) is 11.0 Å². The predicted molar refractivity (Wildman–Crippen MR) is 79.0 cm³/mol. The van der Waals surface area contributed by atoms with Crippen LogP contribution in [0.2, 0.25) is 0 Å². The SMILES string of the molecule is N#CCc1nc2ccccc2n1Cc1cccc(N)c1F. The van der Waals surface area contributed by atoms with Crippen molar-refractivity contribution >= 4 is 16.7 Å². The van der Waals surface area contributed by atoms with E-state index in [2.05, 4.69) is 11.1 Å². The number of hydrogen-bond donors (Lipinski definition) is 1. The third kappa shape index (κ3) is 2.32. The molecule has 21 heavy (non-hydrogen) atoms. The monoisotopic (exact) mass is 280 g/mol. The Morgan fingerprint density at radius 2 is 2.00 bits per heavy atom. The number of nitrogen functional groups attached to an aromatic ring is 1. The number of anilines is 1. The van der Waals surface area contributed by atoms with Gasteiger partial charge in [0, 0.05) is 5.56 Å². The second-order valence-electron chi connectivity index (χ2n) is 4.76. The summed E-state index contributed by atoms with van der Waals surface area (Å²) in [6, 6.07) is 14.6. The Balaban J connectivity index is 2.13. The van der Waals surface area contributed by atoms with Crippen LogP contribution in [0.25, 0.3) is 11.0 Å². The Kier molecular flexibility index (Phi) is 3.28. The Labute approximate surface area is 121 Å². The van der Waals surface area contributed by atoms with E-state index in [0.717, 1.165) is 11.0 Å². The van der Waals surface area contributed by atoms with Crippen molar-refractivity contribution in [2.24, 2.45) is 0 Å². The number of imidazole rings is 1. The highest BCUT2D eigenvalue weighted by Crippen LogP contribution is 2.21. The number of para-hydroxylation sites is 2. The quantitative estimate of drug-likeness (QED) is 0.750. The summed E-state index contributed by atoms with van der Waals surface area (Å²) in [6.45, 7) is 0.300. The number of aromatic nitrogens is 2. The van der Waals surface area contributed by atoms with E-state index in [1.165, 1.54) is 6.07 Å². The van der Waals surface area contributed by atoms with Crippen LogP contribution in [0, 0.1) is 17.1 Å². The first-order valence-corrected chi connectivity index (χ1v) is 6.54. The minimum Gasteiger partial charge on any atom is -0.396 e. The van der Waals surface area contributed by atoms with Gasteiger partial charge in [-0.15, -0.1) is 0 Å². The van der Waals surface area contributed by atoms with Crippen LogP contribution in [0.4, 0.5) is 10.1 Å². The average Bonchev–Trinajstić information content (AvgIpc) is 2.82. The normalized spacial score (nSPS) is 10.7.